The Labute approximate surface area is 199 Å². The molecular weight excluding hydrogens is 461 g/mol. The number of hydrogen-bond acceptors (Lipinski definition) is 10. The van der Waals surface area contributed by atoms with Crippen molar-refractivity contribution in [2.75, 3.05) is 26.2 Å². The van der Waals surface area contributed by atoms with Gasteiger partial charge in [0.05, 0.1) is 55.7 Å². The maximum absolute atomic E-state index is 14.4. The summed E-state index contributed by atoms with van der Waals surface area (Å²) in [5.41, 5.74) is 4.78. The molecule has 0 saturated heterocycles. The molecule has 0 aliphatic carbocycles. The van der Waals surface area contributed by atoms with Gasteiger partial charge >= 0.3 is 17.9 Å². The summed E-state index contributed by atoms with van der Waals surface area (Å²) in [7, 11) is 3.15. The Hall–Kier alpha value is -4.85. The fourth-order valence-corrected chi connectivity index (χ4v) is 3.76. The third-order valence-corrected chi connectivity index (χ3v) is 5.32. The number of carbonyl (C=O) groups excluding carboxylic acids is 3. The minimum Gasteiger partial charge on any atom is -0.506 e. The molecule has 0 spiro atoms. The Morgan fingerprint density at radius 3 is 2.17 bits per heavy atom. The predicted molar refractivity (Wildman–Crippen MR) is 119 cm³/mol. The third kappa shape index (κ3) is 4.24. The number of nitriles is 1. The van der Waals surface area contributed by atoms with Crippen molar-refractivity contribution in [3.8, 4) is 11.8 Å². The molecule has 2 aromatic carbocycles. The van der Waals surface area contributed by atoms with Gasteiger partial charge in [0, 0.05) is 6.07 Å². The lowest BCUT2D eigenvalue weighted by atomic mass is 9.81. The molecule has 11 heteroatoms. The van der Waals surface area contributed by atoms with E-state index in [2.05, 4.69) is 4.74 Å². The summed E-state index contributed by atoms with van der Waals surface area (Å²) in [4.78, 5) is 38.9. The summed E-state index contributed by atoms with van der Waals surface area (Å²) in [5, 5.41) is 20.6. The van der Waals surface area contributed by atoms with Crippen LogP contribution in [0.3, 0.4) is 0 Å². The van der Waals surface area contributed by atoms with E-state index < -0.39 is 46.7 Å². The highest BCUT2D eigenvalue weighted by Crippen LogP contribution is 2.45. The normalized spacial score (nSPS) is 15.4. The van der Waals surface area contributed by atoms with E-state index >= 15 is 0 Å². The highest BCUT2D eigenvalue weighted by Gasteiger charge is 2.43. The molecule has 0 fully saturated rings. The summed E-state index contributed by atoms with van der Waals surface area (Å²) in [5.74, 6) is -6.51. The number of halogens is 1. The molecule has 0 radical (unpaired) electrons. The van der Waals surface area contributed by atoms with Crippen molar-refractivity contribution in [1.82, 2.24) is 0 Å². The van der Waals surface area contributed by atoms with Crippen molar-refractivity contribution in [2.24, 2.45) is 5.73 Å². The van der Waals surface area contributed by atoms with Crippen LogP contribution in [0.1, 0.15) is 21.8 Å². The third-order valence-electron chi connectivity index (χ3n) is 5.32. The molecule has 1 atom stereocenters. The van der Waals surface area contributed by atoms with Crippen molar-refractivity contribution < 1.29 is 38.1 Å². The van der Waals surface area contributed by atoms with Crippen LogP contribution in [-0.4, -0.2) is 44.3 Å². The van der Waals surface area contributed by atoms with Gasteiger partial charge in [0.15, 0.2) is 0 Å². The van der Waals surface area contributed by atoms with Crippen LogP contribution in [-0.2, 0) is 23.8 Å². The maximum atomic E-state index is 14.4. The van der Waals surface area contributed by atoms with Gasteiger partial charge in [0.25, 0.3) is 0 Å². The monoisotopic (exact) mass is 481 g/mol. The molecular formula is C24H20FN3O7. The number of nitrogens with zero attached hydrogens (tertiary/aromatic N) is 2. The molecule has 1 unspecified atom stereocenters. The minimum atomic E-state index is -1.14. The number of phenolic OH excluding ortho intramolecular Hbond substituents is 1. The number of carbonyl (C=O) groups is 3. The van der Waals surface area contributed by atoms with Gasteiger partial charge in [-0.3, -0.25) is 4.90 Å². The molecule has 1 aliphatic rings. The van der Waals surface area contributed by atoms with E-state index in [1.54, 1.807) is 30.3 Å². The number of methoxy groups -OCH3 is 3. The van der Waals surface area contributed by atoms with Crippen LogP contribution in [0.15, 0.2) is 65.1 Å². The van der Waals surface area contributed by atoms with Crippen molar-refractivity contribution in [3.05, 3.63) is 82.1 Å². The Kier molecular flexibility index (Phi) is 7.06. The highest BCUT2D eigenvalue weighted by molar-refractivity contribution is 6.07. The Morgan fingerprint density at radius 1 is 1.03 bits per heavy atom. The van der Waals surface area contributed by atoms with Crippen LogP contribution in [0, 0.1) is 17.1 Å². The molecule has 0 aromatic heterocycles. The van der Waals surface area contributed by atoms with Crippen LogP contribution in [0.5, 0.6) is 5.75 Å². The van der Waals surface area contributed by atoms with E-state index in [-0.39, 0.29) is 22.7 Å². The number of ether oxygens (including phenoxy) is 3. The van der Waals surface area contributed by atoms with Crippen molar-refractivity contribution >= 4 is 23.6 Å². The SMILES string of the molecule is COC(=O)C1=C(C(=O)OC)N(c2cc(C(=O)OC)c(F)cc2O)C(N)=C(C#N)C1c1ccccc1. The van der Waals surface area contributed by atoms with Gasteiger partial charge in [-0.1, -0.05) is 30.3 Å². The van der Waals surface area contributed by atoms with Gasteiger partial charge in [0.2, 0.25) is 0 Å². The molecule has 0 saturated carbocycles. The van der Waals surface area contributed by atoms with E-state index in [0.29, 0.717) is 11.6 Å². The molecule has 10 nitrogen and oxygen atoms in total. The number of esters is 3. The first-order chi connectivity index (χ1) is 16.7. The standard InChI is InChI=1S/C24H20FN3O7/c1-33-22(30)13-9-16(17(29)10-15(13)25)28-20(24(32)35-3)19(23(31)34-2)18(14(11-26)21(28)27)12-7-5-4-6-8-12/h4-10,18,29H,27H2,1-3H3. The van der Waals surface area contributed by atoms with Gasteiger partial charge in [-0.15, -0.1) is 0 Å². The largest absolute Gasteiger partial charge is 0.506 e. The van der Waals surface area contributed by atoms with Crippen molar-refractivity contribution in [3.63, 3.8) is 0 Å². The van der Waals surface area contributed by atoms with Crippen LogP contribution >= 0.6 is 0 Å². The summed E-state index contributed by atoms with van der Waals surface area (Å²) in [6.45, 7) is 0. The fraction of sp³-hybridized carbons (Fsp3) is 0.167. The van der Waals surface area contributed by atoms with Crippen LogP contribution in [0.25, 0.3) is 0 Å². The maximum Gasteiger partial charge on any atom is 0.355 e. The van der Waals surface area contributed by atoms with Crippen molar-refractivity contribution in [2.45, 2.75) is 5.92 Å². The van der Waals surface area contributed by atoms with E-state index in [9.17, 15) is 29.1 Å². The average Bonchev–Trinajstić information content (AvgIpc) is 2.87. The van der Waals surface area contributed by atoms with Gasteiger partial charge in [-0.25, -0.2) is 18.8 Å². The number of anilines is 1. The zero-order valence-electron chi connectivity index (χ0n) is 18.9. The molecule has 0 amide bonds. The van der Waals surface area contributed by atoms with E-state index in [0.717, 1.165) is 32.3 Å². The number of rotatable bonds is 5. The fourth-order valence-electron chi connectivity index (χ4n) is 3.76. The Morgan fingerprint density at radius 2 is 1.63 bits per heavy atom. The number of phenols is 1. The summed E-state index contributed by atoms with van der Waals surface area (Å²) in [6, 6.07) is 11.7. The lowest BCUT2D eigenvalue weighted by molar-refractivity contribution is -0.139. The first-order valence-corrected chi connectivity index (χ1v) is 9.98. The molecule has 3 N–H and O–H groups in total. The van der Waals surface area contributed by atoms with E-state index in [4.69, 9.17) is 15.2 Å². The van der Waals surface area contributed by atoms with Gasteiger partial charge in [-0.2, -0.15) is 5.26 Å². The molecule has 2 aromatic rings. The topological polar surface area (TPSA) is 152 Å². The van der Waals surface area contributed by atoms with E-state index in [1.807, 2.05) is 6.07 Å². The number of hydrogen-bond donors (Lipinski definition) is 2. The molecule has 3 rings (SSSR count). The molecule has 35 heavy (non-hydrogen) atoms. The summed E-state index contributed by atoms with van der Waals surface area (Å²) < 4.78 is 28.7. The number of nitrogens with two attached hydrogens (primary N) is 1. The second-order valence-electron chi connectivity index (χ2n) is 7.15. The molecule has 1 aliphatic heterocycles. The second-order valence-corrected chi connectivity index (χ2v) is 7.15. The lowest BCUT2D eigenvalue weighted by Gasteiger charge is -2.36. The number of benzene rings is 2. The zero-order chi connectivity index (χ0) is 25.9. The molecule has 0 bridgehead atoms. The smallest absolute Gasteiger partial charge is 0.355 e. The quantitative estimate of drug-likeness (QED) is 0.480. The Balaban J connectivity index is 2.47. The number of aromatic hydroxyl groups is 1. The van der Waals surface area contributed by atoms with E-state index in [1.165, 1.54) is 0 Å². The highest BCUT2D eigenvalue weighted by atomic mass is 19.1. The second kappa shape index (κ2) is 9.96. The minimum absolute atomic E-state index is 0.174. The summed E-state index contributed by atoms with van der Waals surface area (Å²) >= 11 is 0. The van der Waals surface area contributed by atoms with Gasteiger partial charge < -0.3 is 25.1 Å². The van der Waals surface area contributed by atoms with Crippen molar-refractivity contribution in [1.29, 1.82) is 5.26 Å². The van der Waals surface area contributed by atoms with Gasteiger partial charge in [-0.05, 0) is 11.6 Å². The summed E-state index contributed by atoms with van der Waals surface area (Å²) in [6.07, 6.45) is 0. The van der Waals surface area contributed by atoms with Crippen LogP contribution in [0.4, 0.5) is 10.1 Å². The number of allylic oxidation sites excluding steroid dienone is 1. The first kappa shape index (κ1) is 24.8. The molecule has 180 valence electrons. The predicted octanol–water partition coefficient (Wildman–Crippen LogP) is 2.22. The van der Waals surface area contributed by atoms with Gasteiger partial charge in [0.1, 0.15) is 23.1 Å². The first-order valence-electron chi connectivity index (χ1n) is 9.98. The average molecular weight is 481 g/mol. The van der Waals surface area contributed by atoms with Crippen LogP contribution in [0.2, 0.25) is 0 Å². The Bertz CT molecular complexity index is 1310. The zero-order valence-corrected chi connectivity index (χ0v) is 18.9. The lowest BCUT2D eigenvalue weighted by Crippen LogP contribution is -2.41. The molecule has 1 heterocycles. The van der Waals surface area contributed by atoms with Crippen LogP contribution < -0.4 is 10.6 Å².